The molecule has 3 aromatic carbocycles. The molecule has 0 aliphatic carbocycles. The first-order valence-corrected chi connectivity index (χ1v) is 11.9. The van der Waals surface area contributed by atoms with E-state index in [1.54, 1.807) is 29.8 Å². The second-order valence-corrected chi connectivity index (χ2v) is 8.56. The standard InChI is InChI=1S/C30H26FN3O2/c1-21-27(26-16-9-18-32-26)30(35)34(19-17-22-10-4-2-5-11-22)29(33-21)24-14-8-15-25(31)28(24)36-20-23-12-6-3-7-13-23/h2-16,18,32H,17,19-20H2,1H3. The number of nitrogens with one attached hydrogen (secondary N) is 1. The van der Waals surface area contributed by atoms with Crippen LogP contribution in [-0.4, -0.2) is 14.5 Å². The topological polar surface area (TPSA) is 59.9 Å². The SMILES string of the molecule is Cc1nc(-c2cccc(F)c2OCc2ccccc2)n(CCc2ccccc2)c(=O)c1-c1ccc[nH]1. The van der Waals surface area contributed by atoms with Crippen molar-refractivity contribution in [1.82, 2.24) is 14.5 Å². The minimum Gasteiger partial charge on any atom is -0.485 e. The number of H-pyrrole nitrogens is 1. The van der Waals surface area contributed by atoms with Gasteiger partial charge >= 0.3 is 0 Å². The monoisotopic (exact) mass is 479 g/mol. The lowest BCUT2D eigenvalue weighted by Crippen LogP contribution is -2.27. The number of halogens is 1. The number of ether oxygens (including phenoxy) is 1. The van der Waals surface area contributed by atoms with Crippen molar-refractivity contribution in [3.05, 3.63) is 130 Å². The maximum atomic E-state index is 15.1. The van der Waals surface area contributed by atoms with Gasteiger partial charge in [0.05, 0.1) is 22.5 Å². The summed E-state index contributed by atoms with van der Waals surface area (Å²) in [6, 6.07) is 27.9. The Balaban J connectivity index is 1.62. The van der Waals surface area contributed by atoms with Crippen LogP contribution >= 0.6 is 0 Å². The molecule has 0 saturated heterocycles. The lowest BCUT2D eigenvalue weighted by atomic mass is 10.1. The van der Waals surface area contributed by atoms with Crippen LogP contribution in [-0.2, 0) is 19.6 Å². The molecule has 5 nitrogen and oxygen atoms in total. The highest BCUT2D eigenvalue weighted by molar-refractivity contribution is 5.68. The van der Waals surface area contributed by atoms with Crippen molar-refractivity contribution in [1.29, 1.82) is 0 Å². The number of benzene rings is 3. The third-order valence-electron chi connectivity index (χ3n) is 6.12. The van der Waals surface area contributed by atoms with E-state index in [4.69, 9.17) is 9.72 Å². The fraction of sp³-hybridized carbons (Fsp3) is 0.133. The zero-order valence-electron chi connectivity index (χ0n) is 19.9. The molecule has 0 radical (unpaired) electrons. The van der Waals surface area contributed by atoms with Gasteiger partial charge in [0.25, 0.3) is 5.56 Å². The van der Waals surface area contributed by atoms with Crippen LogP contribution in [0.5, 0.6) is 5.75 Å². The van der Waals surface area contributed by atoms with Crippen LogP contribution in [0.15, 0.2) is 102 Å². The first-order valence-electron chi connectivity index (χ1n) is 11.9. The molecule has 180 valence electrons. The van der Waals surface area contributed by atoms with Gasteiger partial charge in [0.1, 0.15) is 12.4 Å². The van der Waals surface area contributed by atoms with Gasteiger partial charge in [-0.2, -0.15) is 0 Å². The molecule has 0 unspecified atom stereocenters. The fourth-order valence-corrected chi connectivity index (χ4v) is 4.32. The molecule has 5 aromatic rings. The van der Waals surface area contributed by atoms with Gasteiger partial charge in [0, 0.05) is 12.7 Å². The Bertz CT molecular complexity index is 1510. The summed E-state index contributed by atoms with van der Waals surface area (Å²) in [7, 11) is 0. The second-order valence-electron chi connectivity index (χ2n) is 8.56. The summed E-state index contributed by atoms with van der Waals surface area (Å²) in [5, 5.41) is 0. The zero-order valence-corrected chi connectivity index (χ0v) is 19.9. The number of hydrogen-bond acceptors (Lipinski definition) is 3. The number of aromatic amines is 1. The quantitative estimate of drug-likeness (QED) is 0.289. The number of aryl methyl sites for hydroxylation is 2. The minimum atomic E-state index is -0.501. The van der Waals surface area contributed by atoms with Crippen LogP contribution in [0.3, 0.4) is 0 Å². The molecular formula is C30H26FN3O2. The van der Waals surface area contributed by atoms with Crippen LogP contribution < -0.4 is 10.3 Å². The van der Waals surface area contributed by atoms with Crippen LogP contribution in [0.25, 0.3) is 22.6 Å². The van der Waals surface area contributed by atoms with Gasteiger partial charge in [-0.25, -0.2) is 9.37 Å². The van der Waals surface area contributed by atoms with Crippen molar-refractivity contribution in [2.24, 2.45) is 0 Å². The zero-order chi connectivity index (χ0) is 24.9. The molecule has 0 saturated carbocycles. The smallest absolute Gasteiger partial charge is 0.263 e. The molecule has 5 rings (SSSR count). The molecule has 2 heterocycles. The number of nitrogens with zero attached hydrogens (tertiary/aromatic N) is 2. The van der Waals surface area contributed by atoms with Gasteiger partial charge in [-0.15, -0.1) is 0 Å². The van der Waals surface area contributed by atoms with Crippen LogP contribution in [0.4, 0.5) is 4.39 Å². The summed E-state index contributed by atoms with van der Waals surface area (Å²) in [4.78, 5) is 21.8. The van der Waals surface area contributed by atoms with E-state index in [0.717, 1.165) is 11.1 Å². The maximum absolute atomic E-state index is 15.1. The van der Waals surface area contributed by atoms with Crippen molar-refractivity contribution in [3.63, 3.8) is 0 Å². The summed E-state index contributed by atoms with van der Waals surface area (Å²) < 4.78 is 22.7. The van der Waals surface area contributed by atoms with E-state index in [9.17, 15) is 4.79 Å². The van der Waals surface area contributed by atoms with Gasteiger partial charge in [-0.3, -0.25) is 9.36 Å². The first kappa shape index (κ1) is 23.3. The molecule has 1 N–H and O–H groups in total. The van der Waals surface area contributed by atoms with Crippen molar-refractivity contribution in [2.75, 3.05) is 0 Å². The minimum absolute atomic E-state index is 0.0775. The highest BCUT2D eigenvalue weighted by Gasteiger charge is 2.21. The Hall–Kier alpha value is -4.45. The normalized spacial score (nSPS) is 10.9. The highest BCUT2D eigenvalue weighted by Crippen LogP contribution is 2.33. The lowest BCUT2D eigenvalue weighted by Gasteiger charge is -2.18. The molecule has 0 spiro atoms. The van der Waals surface area contributed by atoms with Gasteiger partial charge < -0.3 is 9.72 Å². The summed E-state index contributed by atoms with van der Waals surface area (Å²) in [5.41, 5.74) is 4.03. The predicted molar refractivity (Wildman–Crippen MR) is 139 cm³/mol. The number of para-hydroxylation sites is 1. The number of hydrogen-bond donors (Lipinski definition) is 1. The summed E-state index contributed by atoms with van der Waals surface area (Å²) in [6.45, 7) is 2.38. The van der Waals surface area contributed by atoms with E-state index in [-0.39, 0.29) is 17.9 Å². The molecule has 6 heteroatoms. The van der Waals surface area contributed by atoms with Crippen LogP contribution in [0, 0.1) is 12.7 Å². The van der Waals surface area contributed by atoms with Crippen molar-refractivity contribution in [2.45, 2.75) is 26.5 Å². The summed E-state index contributed by atoms with van der Waals surface area (Å²) in [5.74, 6) is -0.0431. The summed E-state index contributed by atoms with van der Waals surface area (Å²) >= 11 is 0. The fourth-order valence-electron chi connectivity index (χ4n) is 4.32. The van der Waals surface area contributed by atoms with Gasteiger partial charge in [0.15, 0.2) is 11.6 Å². The van der Waals surface area contributed by atoms with Crippen molar-refractivity contribution >= 4 is 0 Å². The Morgan fingerprint density at radius 3 is 2.31 bits per heavy atom. The van der Waals surface area contributed by atoms with Crippen molar-refractivity contribution < 1.29 is 9.13 Å². The molecule has 0 fully saturated rings. The third-order valence-corrected chi connectivity index (χ3v) is 6.12. The highest BCUT2D eigenvalue weighted by atomic mass is 19.1. The third kappa shape index (κ3) is 4.84. The van der Waals surface area contributed by atoms with E-state index < -0.39 is 5.82 Å². The molecule has 0 aliphatic rings. The molecular weight excluding hydrogens is 453 g/mol. The molecule has 0 bridgehead atoms. The average Bonchev–Trinajstić information content (AvgIpc) is 3.43. The lowest BCUT2D eigenvalue weighted by molar-refractivity contribution is 0.291. The van der Waals surface area contributed by atoms with E-state index in [1.807, 2.05) is 72.8 Å². The van der Waals surface area contributed by atoms with Gasteiger partial charge in [0.2, 0.25) is 0 Å². The first-order chi connectivity index (χ1) is 17.6. The largest absolute Gasteiger partial charge is 0.485 e. The Labute approximate surface area is 208 Å². The Kier molecular flexibility index (Phi) is 6.76. The van der Waals surface area contributed by atoms with E-state index >= 15 is 4.39 Å². The molecule has 2 aromatic heterocycles. The molecule has 0 atom stereocenters. The number of aromatic nitrogens is 3. The van der Waals surface area contributed by atoms with Crippen LogP contribution in [0.1, 0.15) is 16.8 Å². The molecule has 36 heavy (non-hydrogen) atoms. The predicted octanol–water partition coefficient (Wildman–Crippen LogP) is 6.17. The summed E-state index contributed by atoms with van der Waals surface area (Å²) in [6.07, 6.45) is 2.40. The Morgan fingerprint density at radius 2 is 1.61 bits per heavy atom. The van der Waals surface area contributed by atoms with E-state index in [2.05, 4.69) is 4.98 Å². The molecule has 0 amide bonds. The van der Waals surface area contributed by atoms with E-state index in [0.29, 0.717) is 41.3 Å². The van der Waals surface area contributed by atoms with E-state index in [1.165, 1.54) is 6.07 Å². The molecule has 0 aliphatic heterocycles. The van der Waals surface area contributed by atoms with Crippen LogP contribution in [0.2, 0.25) is 0 Å². The number of rotatable bonds is 8. The van der Waals surface area contributed by atoms with Gasteiger partial charge in [-0.05, 0) is 48.7 Å². The second kappa shape index (κ2) is 10.4. The maximum Gasteiger partial charge on any atom is 0.263 e. The Morgan fingerprint density at radius 1 is 0.889 bits per heavy atom. The van der Waals surface area contributed by atoms with Gasteiger partial charge in [-0.1, -0.05) is 66.7 Å². The average molecular weight is 480 g/mol. The van der Waals surface area contributed by atoms with Crippen molar-refractivity contribution in [3.8, 4) is 28.4 Å².